The van der Waals surface area contributed by atoms with Gasteiger partial charge in [-0.2, -0.15) is 0 Å². The molecule has 0 bridgehead atoms. The topological polar surface area (TPSA) is 37.3 Å². The van der Waals surface area contributed by atoms with Gasteiger partial charge in [-0.3, -0.25) is 0 Å². The Morgan fingerprint density at radius 2 is 2.18 bits per heavy atom. The monoisotopic (exact) mass is 216 g/mol. The Kier molecular flexibility index (Phi) is 6.07. The van der Waals surface area contributed by atoms with E-state index in [4.69, 9.17) is 5.11 Å². The molecule has 0 aromatic carbocycles. The number of aliphatic carboxylic acids is 1. The van der Waals surface area contributed by atoms with E-state index < -0.39 is 20.6 Å². The molecule has 0 rings (SSSR count). The van der Waals surface area contributed by atoms with Crippen LogP contribution in [0.15, 0.2) is 0 Å². The van der Waals surface area contributed by atoms with Gasteiger partial charge in [-0.25, -0.2) is 0 Å². The van der Waals surface area contributed by atoms with Gasteiger partial charge in [0.1, 0.15) is 0 Å². The van der Waals surface area contributed by atoms with E-state index in [2.05, 4.69) is 23.3 Å². The van der Waals surface area contributed by atoms with Crippen LogP contribution in [0.3, 0.4) is 0 Å². The second-order valence-electron chi connectivity index (χ2n) is 2.51. The number of hydrogen-bond donors (Lipinski definition) is 1. The third-order valence-electron chi connectivity index (χ3n) is 1.10. The molecule has 11 heavy (non-hydrogen) atoms. The number of carboxylic acids is 1. The van der Waals surface area contributed by atoms with Crippen LogP contribution in [0.2, 0.25) is 16.6 Å². The van der Waals surface area contributed by atoms with Crippen LogP contribution in [0, 0.1) is 11.8 Å². The molecule has 0 fully saturated rings. The normalized spacial score (nSPS) is 9.00. The van der Waals surface area contributed by atoms with Crippen molar-refractivity contribution in [3.05, 3.63) is 0 Å². The van der Waals surface area contributed by atoms with E-state index in [1.165, 1.54) is 5.21 Å². The fraction of sp³-hybridized carbons (Fsp3) is 0.625. The van der Waals surface area contributed by atoms with Crippen LogP contribution in [0.1, 0.15) is 12.8 Å². The molecule has 0 aromatic rings. The summed E-state index contributed by atoms with van der Waals surface area (Å²) in [5.74, 6) is 3.70. The molecule has 0 aliphatic heterocycles. The van der Waals surface area contributed by atoms with Crippen molar-refractivity contribution in [3.63, 3.8) is 0 Å². The Labute approximate surface area is 72.2 Å². The molecular formula is C8H13AsO2. The van der Waals surface area contributed by atoms with Crippen LogP contribution in [-0.4, -0.2) is 25.7 Å². The Hall–Kier alpha value is -0.412. The maximum atomic E-state index is 9.93. The summed E-state index contributed by atoms with van der Waals surface area (Å²) >= 11 is -0.510. The second kappa shape index (κ2) is 6.31. The zero-order chi connectivity index (χ0) is 8.69. The predicted molar refractivity (Wildman–Crippen MR) is 46.9 cm³/mol. The SMILES string of the molecule is C[As](C)CCCC#CC(=O)O. The first-order chi connectivity index (χ1) is 5.13. The third-order valence-corrected chi connectivity index (χ3v) is 3.64. The molecule has 0 unspecified atom stereocenters. The average molecular weight is 216 g/mol. The molecule has 0 aromatic heterocycles. The molecule has 0 atom stereocenters. The maximum absolute atomic E-state index is 9.93. The standard InChI is InChI=1S/C8H13AsO2/c1-9(2)7-5-3-4-6-8(10)11/h3,5,7H2,1-2H3,(H,10,11). The molecule has 0 amide bonds. The van der Waals surface area contributed by atoms with Crippen molar-refractivity contribution >= 4 is 20.6 Å². The van der Waals surface area contributed by atoms with Crippen molar-refractivity contribution < 1.29 is 9.90 Å². The first kappa shape index (κ1) is 10.6. The van der Waals surface area contributed by atoms with Gasteiger partial charge < -0.3 is 0 Å². The zero-order valence-corrected chi connectivity index (χ0v) is 8.80. The van der Waals surface area contributed by atoms with E-state index in [-0.39, 0.29) is 0 Å². The molecule has 0 spiro atoms. The molecule has 1 N–H and O–H groups in total. The molecular weight excluding hydrogens is 203 g/mol. The summed E-state index contributed by atoms with van der Waals surface area (Å²) in [5, 5.41) is 9.42. The number of unbranched alkanes of at least 4 members (excludes halogenated alkanes) is 1. The van der Waals surface area contributed by atoms with E-state index >= 15 is 0 Å². The number of hydrogen-bond acceptors (Lipinski definition) is 1. The van der Waals surface area contributed by atoms with E-state index in [1.54, 1.807) is 0 Å². The van der Waals surface area contributed by atoms with Crippen molar-refractivity contribution in [2.75, 3.05) is 0 Å². The summed E-state index contributed by atoms with van der Waals surface area (Å²) in [6.45, 7) is 0. The summed E-state index contributed by atoms with van der Waals surface area (Å²) in [6, 6.07) is 0. The van der Waals surface area contributed by atoms with Gasteiger partial charge in [0.2, 0.25) is 0 Å². The number of rotatable bonds is 3. The molecule has 2 nitrogen and oxygen atoms in total. The summed E-state index contributed by atoms with van der Waals surface area (Å²) in [4.78, 5) is 9.93. The van der Waals surface area contributed by atoms with Gasteiger partial charge in [-0.05, 0) is 0 Å². The molecule has 0 saturated carbocycles. The minimum atomic E-state index is -1.02. The quantitative estimate of drug-likeness (QED) is 0.442. The molecule has 3 heteroatoms. The van der Waals surface area contributed by atoms with Gasteiger partial charge in [-0.1, -0.05) is 0 Å². The number of carboxylic acid groups (broad SMARTS) is 1. The molecule has 0 saturated heterocycles. The fourth-order valence-electron chi connectivity index (χ4n) is 0.622. The Balaban J connectivity index is 3.29. The molecule has 0 aliphatic rings. The van der Waals surface area contributed by atoms with Gasteiger partial charge in [0.05, 0.1) is 0 Å². The van der Waals surface area contributed by atoms with Crippen LogP contribution in [0.25, 0.3) is 0 Å². The van der Waals surface area contributed by atoms with Gasteiger partial charge in [0.15, 0.2) is 0 Å². The molecule has 0 heterocycles. The summed E-state index contributed by atoms with van der Waals surface area (Å²) in [7, 11) is 0. The van der Waals surface area contributed by atoms with Crippen LogP contribution in [0.4, 0.5) is 0 Å². The Morgan fingerprint density at radius 3 is 2.64 bits per heavy atom. The van der Waals surface area contributed by atoms with Crippen molar-refractivity contribution in [2.24, 2.45) is 0 Å². The Bertz CT molecular complexity index is 176. The van der Waals surface area contributed by atoms with E-state index in [0.29, 0.717) is 0 Å². The fourth-order valence-corrected chi connectivity index (χ4v) is 2.28. The van der Waals surface area contributed by atoms with E-state index in [1.807, 2.05) is 0 Å². The molecule has 0 radical (unpaired) electrons. The van der Waals surface area contributed by atoms with Gasteiger partial charge >= 0.3 is 71.8 Å². The minimum absolute atomic E-state index is 0.510. The van der Waals surface area contributed by atoms with Gasteiger partial charge in [0.25, 0.3) is 0 Å². The first-order valence-electron chi connectivity index (χ1n) is 3.49. The van der Waals surface area contributed by atoms with Crippen molar-refractivity contribution in [3.8, 4) is 11.8 Å². The predicted octanol–water partition coefficient (Wildman–Crippen LogP) is 1.61. The van der Waals surface area contributed by atoms with Crippen LogP contribution >= 0.6 is 0 Å². The Morgan fingerprint density at radius 1 is 1.55 bits per heavy atom. The summed E-state index contributed by atoms with van der Waals surface area (Å²) in [5.41, 5.74) is 4.58. The van der Waals surface area contributed by atoms with E-state index in [9.17, 15) is 4.79 Å². The van der Waals surface area contributed by atoms with Gasteiger partial charge in [-0.15, -0.1) is 0 Å². The van der Waals surface area contributed by atoms with Crippen LogP contribution in [-0.2, 0) is 4.79 Å². The van der Waals surface area contributed by atoms with Crippen molar-refractivity contribution in [2.45, 2.75) is 29.5 Å². The summed E-state index contributed by atoms with van der Waals surface area (Å²) in [6.07, 6.45) is 1.80. The summed E-state index contributed by atoms with van der Waals surface area (Å²) < 4.78 is 0. The zero-order valence-electron chi connectivity index (χ0n) is 6.92. The molecule has 0 aliphatic carbocycles. The third kappa shape index (κ3) is 9.59. The average Bonchev–Trinajstić information content (AvgIpc) is 1.85. The van der Waals surface area contributed by atoms with Crippen molar-refractivity contribution in [1.29, 1.82) is 0 Å². The first-order valence-corrected chi connectivity index (χ1v) is 8.57. The van der Waals surface area contributed by atoms with Crippen LogP contribution < -0.4 is 0 Å². The van der Waals surface area contributed by atoms with E-state index in [0.717, 1.165) is 12.8 Å². The molecule has 62 valence electrons. The van der Waals surface area contributed by atoms with Gasteiger partial charge in [0, 0.05) is 0 Å². The second-order valence-corrected chi connectivity index (χ2v) is 7.98. The van der Waals surface area contributed by atoms with Crippen LogP contribution in [0.5, 0.6) is 0 Å². The van der Waals surface area contributed by atoms with Crippen molar-refractivity contribution in [1.82, 2.24) is 0 Å². The number of carbonyl (C=O) groups is 1.